The maximum atomic E-state index is 5.63. The first kappa shape index (κ1) is 15.8. The summed E-state index contributed by atoms with van der Waals surface area (Å²) >= 11 is 5.13. The van der Waals surface area contributed by atoms with Gasteiger partial charge in [-0.2, -0.15) is 0 Å². The fraction of sp³-hybridized carbons (Fsp3) is 0.643. The molecule has 2 N–H and O–H groups in total. The van der Waals surface area contributed by atoms with E-state index in [1.807, 2.05) is 0 Å². The molecule has 0 bridgehead atoms. The third kappa shape index (κ3) is 4.20. The van der Waals surface area contributed by atoms with Crippen LogP contribution in [-0.4, -0.2) is 30.9 Å². The lowest BCUT2D eigenvalue weighted by Gasteiger charge is -2.40. The number of hydrogen-bond donors (Lipinski definition) is 1. The average molecular weight is 361 g/mol. The van der Waals surface area contributed by atoms with E-state index in [4.69, 9.17) is 15.2 Å². The SMILES string of the molecule is CC1CC2(CCOCC2)OC(N)=N1.Cc1sccc1Br. The molecule has 1 aromatic rings. The van der Waals surface area contributed by atoms with Crippen LogP contribution in [0.1, 0.15) is 31.1 Å². The fourth-order valence-electron chi connectivity index (χ4n) is 2.51. The van der Waals surface area contributed by atoms with E-state index in [2.05, 4.69) is 46.2 Å². The third-order valence-corrected chi connectivity index (χ3v) is 5.50. The van der Waals surface area contributed by atoms with Crippen LogP contribution in [-0.2, 0) is 9.47 Å². The minimum Gasteiger partial charge on any atom is -0.459 e. The highest BCUT2D eigenvalue weighted by Crippen LogP contribution is 2.33. The van der Waals surface area contributed by atoms with Crippen molar-refractivity contribution in [2.45, 2.75) is 44.8 Å². The van der Waals surface area contributed by atoms with Crippen LogP contribution in [0.15, 0.2) is 20.9 Å². The van der Waals surface area contributed by atoms with E-state index < -0.39 is 0 Å². The summed E-state index contributed by atoms with van der Waals surface area (Å²) in [6.45, 7) is 5.72. The molecule has 2 aliphatic rings. The second kappa shape index (κ2) is 6.91. The first-order valence-electron chi connectivity index (χ1n) is 6.80. The summed E-state index contributed by atoms with van der Waals surface area (Å²) < 4.78 is 12.2. The number of amidine groups is 1. The van der Waals surface area contributed by atoms with Gasteiger partial charge >= 0.3 is 0 Å². The van der Waals surface area contributed by atoms with Crippen molar-refractivity contribution < 1.29 is 9.47 Å². The predicted octanol–water partition coefficient (Wildman–Crippen LogP) is 3.48. The van der Waals surface area contributed by atoms with Crippen LogP contribution >= 0.6 is 27.3 Å². The van der Waals surface area contributed by atoms with Crippen molar-refractivity contribution >= 4 is 33.3 Å². The molecule has 3 rings (SSSR count). The summed E-state index contributed by atoms with van der Waals surface area (Å²) in [6.07, 6.45) is 2.85. The number of hydrogen-bond acceptors (Lipinski definition) is 5. The lowest BCUT2D eigenvalue weighted by molar-refractivity contribution is -0.0685. The molecule has 0 saturated carbocycles. The summed E-state index contributed by atoms with van der Waals surface area (Å²) in [5.74, 6) is 0. The van der Waals surface area contributed by atoms with Crippen molar-refractivity contribution in [3.05, 3.63) is 20.8 Å². The fourth-order valence-corrected chi connectivity index (χ4v) is 3.69. The Balaban J connectivity index is 0.000000178. The quantitative estimate of drug-likeness (QED) is 0.770. The van der Waals surface area contributed by atoms with Crippen LogP contribution < -0.4 is 5.73 Å². The van der Waals surface area contributed by atoms with E-state index in [0.717, 1.165) is 32.5 Å². The van der Waals surface area contributed by atoms with Crippen molar-refractivity contribution in [3.8, 4) is 0 Å². The van der Waals surface area contributed by atoms with E-state index in [9.17, 15) is 0 Å². The number of nitrogens with two attached hydrogens (primary N) is 1. The Hall–Kier alpha value is -0.590. The van der Waals surface area contributed by atoms with E-state index in [1.165, 1.54) is 9.35 Å². The molecule has 0 aliphatic carbocycles. The van der Waals surface area contributed by atoms with Crippen molar-refractivity contribution in [1.82, 2.24) is 0 Å². The minimum absolute atomic E-state index is 0.0799. The zero-order valence-electron chi connectivity index (χ0n) is 11.9. The summed E-state index contributed by atoms with van der Waals surface area (Å²) in [7, 11) is 0. The Morgan fingerprint density at radius 3 is 2.60 bits per heavy atom. The van der Waals surface area contributed by atoms with E-state index >= 15 is 0 Å². The Morgan fingerprint density at radius 1 is 1.45 bits per heavy atom. The highest BCUT2D eigenvalue weighted by molar-refractivity contribution is 9.10. The Kier molecular flexibility index (Phi) is 5.46. The molecule has 6 heteroatoms. The largest absolute Gasteiger partial charge is 0.459 e. The number of halogens is 1. The van der Waals surface area contributed by atoms with Gasteiger partial charge in [0, 0.05) is 28.6 Å². The van der Waals surface area contributed by atoms with Crippen LogP contribution in [0.2, 0.25) is 0 Å². The monoisotopic (exact) mass is 360 g/mol. The molecule has 1 atom stereocenters. The summed E-state index contributed by atoms with van der Waals surface area (Å²) in [5.41, 5.74) is 5.54. The Labute approximate surface area is 132 Å². The molecule has 3 heterocycles. The lowest BCUT2D eigenvalue weighted by atomic mass is 9.87. The van der Waals surface area contributed by atoms with Crippen molar-refractivity contribution in [2.24, 2.45) is 10.7 Å². The molecule has 0 amide bonds. The van der Waals surface area contributed by atoms with Gasteiger partial charge in [0.2, 0.25) is 0 Å². The van der Waals surface area contributed by atoms with Crippen LogP contribution in [0.25, 0.3) is 0 Å². The number of aliphatic imine (C=N–C) groups is 1. The molecule has 1 unspecified atom stereocenters. The smallest absolute Gasteiger partial charge is 0.282 e. The molecular weight excluding hydrogens is 340 g/mol. The van der Waals surface area contributed by atoms with E-state index in [1.54, 1.807) is 11.3 Å². The van der Waals surface area contributed by atoms with Gasteiger partial charge in [0.1, 0.15) is 5.60 Å². The second-order valence-electron chi connectivity index (χ2n) is 5.24. The predicted molar refractivity (Wildman–Crippen MR) is 86.3 cm³/mol. The summed E-state index contributed by atoms with van der Waals surface area (Å²) in [4.78, 5) is 5.51. The van der Waals surface area contributed by atoms with Crippen LogP contribution in [0.5, 0.6) is 0 Å². The molecule has 1 saturated heterocycles. The molecule has 20 heavy (non-hydrogen) atoms. The molecule has 1 fully saturated rings. The van der Waals surface area contributed by atoms with Crippen molar-refractivity contribution in [3.63, 3.8) is 0 Å². The van der Waals surface area contributed by atoms with E-state index in [-0.39, 0.29) is 11.6 Å². The Bertz CT molecular complexity index is 453. The first-order valence-corrected chi connectivity index (χ1v) is 8.48. The standard InChI is InChI=1S/C9H16N2O2.C5H5BrS/c1-7-6-9(13-8(10)11-7)2-4-12-5-3-9;1-4-5(6)2-3-7-4/h7H,2-6H2,1H3,(H2,10,11);2-3H,1H3. The zero-order chi connectivity index (χ0) is 14.6. The van der Waals surface area contributed by atoms with Gasteiger partial charge in [0.25, 0.3) is 6.02 Å². The highest BCUT2D eigenvalue weighted by Gasteiger charge is 2.39. The Morgan fingerprint density at radius 2 is 2.15 bits per heavy atom. The first-order chi connectivity index (χ1) is 9.51. The van der Waals surface area contributed by atoms with E-state index in [0.29, 0.717) is 6.02 Å². The van der Waals surface area contributed by atoms with Gasteiger partial charge in [-0.25, -0.2) is 4.99 Å². The summed E-state index contributed by atoms with van der Waals surface area (Å²) in [6, 6.07) is 2.69. The number of aryl methyl sites for hydroxylation is 1. The zero-order valence-corrected chi connectivity index (χ0v) is 14.3. The van der Waals surface area contributed by atoms with Crippen LogP contribution in [0.3, 0.4) is 0 Å². The molecular formula is C14H21BrN2O2S. The van der Waals surface area contributed by atoms with Gasteiger partial charge in [-0.3, -0.25) is 0 Å². The maximum Gasteiger partial charge on any atom is 0.282 e. The topological polar surface area (TPSA) is 56.8 Å². The number of rotatable bonds is 0. The lowest BCUT2D eigenvalue weighted by Crippen LogP contribution is -2.47. The number of ether oxygens (including phenoxy) is 2. The molecule has 1 aromatic heterocycles. The second-order valence-corrected chi connectivity index (χ2v) is 7.22. The average Bonchev–Trinajstić information content (AvgIpc) is 2.74. The van der Waals surface area contributed by atoms with Gasteiger partial charge in [-0.1, -0.05) is 0 Å². The molecule has 1 spiro atoms. The van der Waals surface area contributed by atoms with Gasteiger partial charge in [0.15, 0.2) is 0 Å². The molecule has 0 radical (unpaired) electrons. The van der Waals surface area contributed by atoms with Crippen LogP contribution in [0.4, 0.5) is 0 Å². The molecule has 4 nitrogen and oxygen atoms in total. The van der Waals surface area contributed by atoms with Crippen molar-refractivity contribution in [2.75, 3.05) is 13.2 Å². The van der Waals surface area contributed by atoms with Crippen LogP contribution in [0, 0.1) is 6.92 Å². The molecule has 112 valence electrons. The van der Waals surface area contributed by atoms with Gasteiger partial charge in [0.05, 0.1) is 19.3 Å². The van der Waals surface area contributed by atoms with Gasteiger partial charge in [-0.05, 0) is 41.2 Å². The third-order valence-electron chi connectivity index (χ3n) is 3.54. The normalized spacial score (nSPS) is 24.4. The summed E-state index contributed by atoms with van der Waals surface area (Å²) in [5, 5.41) is 2.07. The number of thiophene rings is 1. The van der Waals surface area contributed by atoms with Crippen molar-refractivity contribution in [1.29, 1.82) is 0 Å². The maximum absolute atomic E-state index is 5.63. The molecule has 2 aliphatic heterocycles. The van der Waals surface area contributed by atoms with Gasteiger partial charge < -0.3 is 15.2 Å². The highest BCUT2D eigenvalue weighted by atomic mass is 79.9. The number of nitrogens with zero attached hydrogens (tertiary/aromatic N) is 1. The van der Waals surface area contributed by atoms with Gasteiger partial charge in [-0.15, -0.1) is 11.3 Å². The molecule has 0 aromatic carbocycles. The minimum atomic E-state index is -0.0799.